The molecule has 0 aliphatic carbocycles. The summed E-state index contributed by atoms with van der Waals surface area (Å²) in [6.45, 7) is 7.15. The number of hydrogen-bond donors (Lipinski definition) is 0. The Labute approximate surface area is 154 Å². The lowest BCUT2D eigenvalue weighted by Crippen LogP contribution is -2.59. The number of piperazine rings is 1. The Morgan fingerprint density at radius 3 is 2.52 bits per heavy atom. The minimum absolute atomic E-state index is 0.00927. The molecule has 0 saturated carbocycles. The monoisotopic (exact) mass is 364 g/mol. The van der Waals surface area contributed by atoms with Crippen LogP contribution < -0.4 is 0 Å². The SMILES string of the molecule is CSCCC1C(=O)N(Cc2ccccc2)CCN1C(=O)OC(C)(C)C. The number of ether oxygens (including phenoxy) is 1. The van der Waals surface area contributed by atoms with E-state index in [1.165, 1.54) is 0 Å². The zero-order valence-corrected chi connectivity index (χ0v) is 16.3. The van der Waals surface area contributed by atoms with E-state index in [0.29, 0.717) is 26.1 Å². The molecule has 1 fully saturated rings. The minimum Gasteiger partial charge on any atom is -0.444 e. The zero-order valence-electron chi connectivity index (χ0n) is 15.5. The molecule has 1 unspecified atom stereocenters. The third kappa shape index (κ3) is 5.66. The fourth-order valence-electron chi connectivity index (χ4n) is 2.85. The van der Waals surface area contributed by atoms with Crippen LogP contribution in [0.15, 0.2) is 30.3 Å². The molecule has 25 heavy (non-hydrogen) atoms. The van der Waals surface area contributed by atoms with Gasteiger partial charge in [-0.3, -0.25) is 9.69 Å². The number of nitrogens with zero attached hydrogens (tertiary/aromatic N) is 2. The van der Waals surface area contributed by atoms with Crippen molar-refractivity contribution in [2.45, 2.75) is 45.4 Å². The average Bonchev–Trinajstić information content (AvgIpc) is 2.54. The van der Waals surface area contributed by atoms with E-state index in [4.69, 9.17) is 4.74 Å². The number of carbonyl (C=O) groups excluding carboxylic acids is 2. The molecule has 1 aromatic rings. The Morgan fingerprint density at radius 2 is 1.92 bits per heavy atom. The molecule has 1 heterocycles. The molecular formula is C19H28N2O3S. The van der Waals surface area contributed by atoms with Crippen molar-refractivity contribution >= 4 is 23.8 Å². The summed E-state index contributed by atoms with van der Waals surface area (Å²) in [4.78, 5) is 29.0. The normalized spacial score (nSPS) is 18.4. The molecule has 0 bridgehead atoms. The van der Waals surface area contributed by atoms with Crippen LogP contribution in [0.25, 0.3) is 0 Å². The van der Waals surface area contributed by atoms with Crippen molar-refractivity contribution in [1.29, 1.82) is 0 Å². The number of hydrogen-bond acceptors (Lipinski definition) is 4. The maximum Gasteiger partial charge on any atom is 0.411 e. The highest BCUT2D eigenvalue weighted by atomic mass is 32.2. The predicted molar refractivity (Wildman–Crippen MR) is 102 cm³/mol. The third-order valence-electron chi connectivity index (χ3n) is 4.02. The molecule has 0 radical (unpaired) electrons. The van der Waals surface area contributed by atoms with Crippen molar-refractivity contribution in [3.8, 4) is 0 Å². The topological polar surface area (TPSA) is 49.9 Å². The lowest BCUT2D eigenvalue weighted by Gasteiger charge is -2.41. The van der Waals surface area contributed by atoms with E-state index in [1.54, 1.807) is 16.7 Å². The van der Waals surface area contributed by atoms with Crippen molar-refractivity contribution in [3.63, 3.8) is 0 Å². The van der Waals surface area contributed by atoms with Gasteiger partial charge in [0.2, 0.25) is 5.91 Å². The van der Waals surface area contributed by atoms with Gasteiger partial charge in [-0.1, -0.05) is 30.3 Å². The van der Waals surface area contributed by atoms with Crippen molar-refractivity contribution < 1.29 is 14.3 Å². The number of benzene rings is 1. The van der Waals surface area contributed by atoms with Crippen molar-refractivity contribution in [2.75, 3.05) is 25.1 Å². The van der Waals surface area contributed by atoms with Gasteiger partial charge in [-0.25, -0.2) is 4.79 Å². The fourth-order valence-corrected chi connectivity index (χ4v) is 3.31. The van der Waals surface area contributed by atoms with Gasteiger partial charge in [0, 0.05) is 19.6 Å². The zero-order chi connectivity index (χ0) is 18.4. The van der Waals surface area contributed by atoms with Crippen molar-refractivity contribution in [3.05, 3.63) is 35.9 Å². The van der Waals surface area contributed by atoms with E-state index in [2.05, 4.69) is 0 Å². The predicted octanol–water partition coefficient (Wildman–Crippen LogP) is 3.39. The van der Waals surface area contributed by atoms with E-state index < -0.39 is 17.7 Å². The second kappa shape index (κ2) is 8.61. The van der Waals surface area contributed by atoms with Gasteiger partial charge in [0.25, 0.3) is 0 Å². The van der Waals surface area contributed by atoms with Crippen LogP contribution in [0.5, 0.6) is 0 Å². The molecule has 6 heteroatoms. The smallest absolute Gasteiger partial charge is 0.411 e. The van der Waals surface area contributed by atoms with Crippen LogP contribution in [0, 0.1) is 0 Å². The number of carbonyl (C=O) groups is 2. The Hall–Kier alpha value is -1.69. The summed E-state index contributed by atoms with van der Waals surface area (Å²) >= 11 is 1.68. The number of amides is 2. The molecule has 0 spiro atoms. The van der Waals surface area contributed by atoms with Crippen LogP contribution in [-0.2, 0) is 16.1 Å². The summed E-state index contributed by atoms with van der Waals surface area (Å²) in [5.74, 6) is 0.838. The van der Waals surface area contributed by atoms with Crippen LogP contribution in [-0.4, -0.2) is 58.5 Å². The highest BCUT2D eigenvalue weighted by Gasteiger charge is 2.38. The third-order valence-corrected chi connectivity index (χ3v) is 4.67. The van der Waals surface area contributed by atoms with E-state index in [1.807, 2.05) is 62.3 Å². The van der Waals surface area contributed by atoms with Gasteiger partial charge in [0.15, 0.2) is 0 Å². The van der Waals surface area contributed by atoms with Crippen molar-refractivity contribution in [1.82, 2.24) is 9.80 Å². The van der Waals surface area contributed by atoms with Crippen molar-refractivity contribution in [2.24, 2.45) is 0 Å². The average molecular weight is 365 g/mol. The summed E-state index contributed by atoms with van der Waals surface area (Å²) in [5, 5.41) is 0. The highest BCUT2D eigenvalue weighted by Crippen LogP contribution is 2.21. The molecule has 1 aliphatic rings. The van der Waals surface area contributed by atoms with Gasteiger partial charge in [-0.05, 0) is 44.8 Å². The Morgan fingerprint density at radius 1 is 1.24 bits per heavy atom. The summed E-state index contributed by atoms with van der Waals surface area (Å²) in [7, 11) is 0. The van der Waals surface area contributed by atoms with Gasteiger partial charge >= 0.3 is 6.09 Å². The second-order valence-corrected chi connectivity index (χ2v) is 8.20. The molecule has 5 nitrogen and oxygen atoms in total. The molecule has 138 valence electrons. The van der Waals surface area contributed by atoms with Gasteiger partial charge in [0.05, 0.1) is 0 Å². The van der Waals surface area contributed by atoms with E-state index in [9.17, 15) is 9.59 Å². The molecule has 2 rings (SSSR count). The second-order valence-electron chi connectivity index (χ2n) is 7.22. The molecule has 1 atom stereocenters. The molecule has 0 N–H and O–H groups in total. The maximum absolute atomic E-state index is 13.0. The van der Waals surface area contributed by atoms with Gasteiger partial charge in [-0.2, -0.15) is 11.8 Å². The standard InChI is InChI=1S/C19H28N2O3S/c1-19(2,3)24-18(23)21-12-11-20(14-15-8-6-5-7-9-15)17(22)16(21)10-13-25-4/h5-9,16H,10-14H2,1-4H3. The fraction of sp³-hybridized carbons (Fsp3) is 0.579. The van der Waals surface area contributed by atoms with Crippen LogP contribution >= 0.6 is 11.8 Å². The minimum atomic E-state index is -0.564. The largest absolute Gasteiger partial charge is 0.444 e. The first-order valence-corrected chi connectivity index (χ1v) is 10.0. The van der Waals surface area contributed by atoms with Gasteiger partial charge < -0.3 is 9.64 Å². The quantitative estimate of drug-likeness (QED) is 0.804. The molecule has 1 aliphatic heterocycles. The summed E-state index contributed by atoms with van der Waals surface area (Å²) < 4.78 is 5.50. The Balaban J connectivity index is 2.11. The Bertz CT molecular complexity index is 586. The van der Waals surface area contributed by atoms with Crippen LogP contribution in [0.3, 0.4) is 0 Å². The van der Waals surface area contributed by atoms with Gasteiger partial charge in [0.1, 0.15) is 11.6 Å². The highest BCUT2D eigenvalue weighted by molar-refractivity contribution is 7.98. The molecular weight excluding hydrogens is 336 g/mol. The summed E-state index contributed by atoms with van der Waals surface area (Å²) in [6.07, 6.45) is 2.25. The first-order valence-electron chi connectivity index (χ1n) is 8.63. The van der Waals surface area contributed by atoms with Gasteiger partial charge in [-0.15, -0.1) is 0 Å². The lowest BCUT2D eigenvalue weighted by molar-refractivity contribution is -0.142. The number of rotatable bonds is 5. The van der Waals surface area contributed by atoms with E-state index in [-0.39, 0.29) is 5.91 Å². The van der Waals surface area contributed by atoms with Crippen LogP contribution in [0.2, 0.25) is 0 Å². The molecule has 0 aromatic heterocycles. The van der Waals surface area contributed by atoms with E-state index in [0.717, 1.165) is 11.3 Å². The van der Waals surface area contributed by atoms with Crippen LogP contribution in [0.1, 0.15) is 32.8 Å². The number of thioether (sulfide) groups is 1. The van der Waals surface area contributed by atoms with Crippen LogP contribution in [0.4, 0.5) is 4.79 Å². The molecule has 2 amide bonds. The Kier molecular flexibility index (Phi) is 6.76. The first kappa shape index (κ1) is 19.6. The van der Waals surface area contributed by atoms with E-state index >= 15 is 0 Å². The first-order chi connectivity index (χ1) is 11.8. The lowest BCUT2D eigenvalue weighted by atomic mass is 10.1. The maximum atomic E-state index is 13.0. The summed E-state index contributed by atoms with van der Waals surface area (Å²) in [6, 6.07) is 9.51. The molecule has 1 aromatic carbocycles. The molecule has 1 saturated heterocycles. The summed E-state index contributed by atoms with van der Waals surface area (Å²) in [5.41, 5.74) is 0.538.